The van der Waals surface area contributed by atoms with Crippen LogP contribution in [0.25, 0.3) is 0 Å². The molecule has 2 rings (SSSR count). The molecule has 1 saturated heterocycles. The Morgan fingerprint density at radius 3 is 2.90 bits per heavy atom. The monoisotopic (exact) mass is 288 g/mol. The minimum Gasteiger partial charge on any atom is -0.478 e. The van der Waals surface area contributed by atoms with E-state index in [0.717, 1.165) is 26.1 Å². The molecular formula is C17H24N2O2. The highest BCUT2D eigenvalue weighted by Gasteiger charge is 2.19. The van der Waals surface area contributed by atoms with Crippen molar-refractivity contribution in [3.8, 4) is 0 Å². The summed E-state index contributed by atoms with van der Waals surface area (Å²) in [6, 6.07) is 11.0. The van der Waals surface area contributed by atoms with Crippen LogP contribution < -0.4 is 5.32 Å². The van der Waals surface area contributed by atoms with Crippen LogP contribution >= 0.6 is 0 Å². The van der Waals surface area contributed by atoms with Gasteiger partial charge in [-0.05, 0) is 31.9 Å². The van der Waals surface area contributed by atoms with Crippen LogP contribution in [0.15, 0.2) is 42.0 Å². The standard InChI is InChI=1S/C17H24N2O2/c1-14(17(20)21)9-10-18-16-8-5-11-19(13-16)12-15-6-3-2-4-7-15/h2-4,6-7,9,16,18H,5,8,10-13H2,1H3,(H,20,21)/b14-9-. The van der Waals surface area contributed by atoms with Gasteiger partial charge in [0.05, 0.1) is 0 Å². The third-order valence-electron chi connectivity index (χ3n) is 3.91. The number of hydrogen-bond donors (Lipinski definition) is 2. The van der Waals surface area contributed by atoms with Gasteiger partial charge in [-0.3, -0.25) is 4.90 Å². The summed E-state index contributed by atoms with van der Waals surface area (Å²) in [6.07, 6.45) is 4.09. The van der Waals surface area contributed by atoms with E-state index < -0.39 is 5.97 Å². The van der Waals surface area contributed by atoms with E-state index in [9.17, 15) is 4.79 Å². The van der Waals surface area contributed by atoms with E-state index in [0.29, 0.717) is 18.2 Å². The number of carboxylic acid groups (broad SMARTS) is 1. The summed E-state index contributed by atoms with van der Waals surface area (Å²) in [5.41, 5.74) is 1.75. The lowest BCUT2D eigenvalue weighted by atomic mass is 10.0. The summed E-state index contributed by atoms with van der Waals surface area (Å²) in [4.78, 5) is 13.2. The van der Waals surface area contributed by atoms with E-state index in [1.54, 1.807) is 13.0 Å². The predicted octanol–water partition coefficient (Wildman–Crippen LogP) is 2.27. The Balaban J connectivity index is 1.78. The molecule has 0 saturated carbocycles. The van der Waals surface area contributed by atoms with E-state index in [1.165, 1.54) is 12.0 Å². The summed E-state index contributed by atoms with van der Waals surface area (Å²) in [5, 5.41) is 12.3. The molecule has 2 N–H and O–H groups in total. The van der Waals surface area contributed by atoms with Crippen molar-refractivity contribution >= 4 is 5.97 Å². The van der Waals surface area contributed by atoms with Gasteiger partial charge in [0.25, 0.3) is 0 Å². The molecule has 21 heavy (non-hydrogen) atoms. The molecule has 1 aromatic carbocycles. The number of nitrogens with one attached hydrogen (secondary N) is 1. The number of likely N-dealkylation sites (tertiary alicyclic amines) is 1. The van der Waals surface area contributed by atoms with Gasteiger partial charge in [-0.2, -0.15) is 0 Å². The zero-order valence-electron chi connectivity index (χ0n) is 12.6. The van der Waals surface area contributed by atoms with Crippen molar-refractivity contribution in [1.29, 1.82) is 0 Å². The molecule has 114 valence electrons. The quantitative estimate of drug-likeness (QED) is 0.789. The topological polar surface area (TPSA) is 52.6 Å². The average molecular weight is 288 g/mol. The summed E-state index contributed by atoms with van der Waals surface area (Å²) in [6.45, 7) is 5.41. The van der Waals surface area contributed by atoms with Crippen LogP contribution in [0.1, 0.15) is 25.3 Å². The summed E-state index contributed by atoms with van der Waals surface area (Å²) < 4.78 is 0. The number of piperidine rings is 1. The first-order chi connectivity index (χ1) is 10.1. The smallest absolute Gasteiger partial charge is 0.330 e. The SMILES string of the molecule is C/C(=C/CNC1CCCN(Cc2ccccc2)C1)C(=O)O. The highest BCUT2D eigenvalue weighted by atomic mass is 16.4. The van der Waals surface area contributed by atoms with Gasteiger partial charge in [0.2, 0.25) is 0 Å². The maximum atomic E-state index is 10.7. The Kier molecular flexibility index (Phi) is 5.96. The zero-order chi connectivity index (χ0) is 15.1. The van der Waals surface area contributed by atoms with Gasteiger partial charge in [0.1, 0.15) is 0 Å². The second kappa shape index (κ2) is 7.96. The van der Waals surface area contributed by atoms with Gasteiger partial charge in [0, 0.05) is 31.2 Å². The molecule has 0 aromatic heterocycles. The number of rotatable bonds is 6. The van der Waals surface area contributed by atoms with E-state index in [1.807, 2.05) is 6.07 Å². The molecule has 0 spiro atoms. The molecule has 0 amide bonds. The van der Waals surface area contributed by atoms with Gasteiger partial charge in [-0.1, -0.05) is 36.4 Å². The van der Waals surface area contributed by atoms with E-state index >= 15 is 0 Å². The molecule has 1 aliphatic rings. The molecule has 4 heteroatoms. The predicted molar refractivity (Wildman–Crippen MR) is 84.1 cm³/mol. The van der Waals surface area contributed by atoms with Crippen LogP contribution in [0.2, 0.25) is 0 Å². The minimum atomic E-state index is -0.842. The highest BCUT2D eigenvalue weighted by Crippen LogP contribution is 2.13. The lowest BCUT2D eigenvalue weighted by molar-refractivity contribution is -0.132. The third kappa shape index (κ3) is 5.33. The Labute approximate surface area is 126 Å². The molecule has 1 aliphatic heterocycles. The van der Waals surface area contributed by atoms with Gasteiger partial charge >= 0.3 is 5.97 Å². The van der Waals surface area contributed by atoms with E-state index in [-0.39, 0.29) is 0 Å². The van der Waals surface area contributed by atoms with Crippen LogP contribution in [0.3, 0.4) is 0 Å². The van der Waals surface area contributed by atoms with Crippen molar-refractivity contribution in [1.82, 2.24) is 10.2 Å². The lowest BCUT2D eigenvalue weighted by Crippen LogP contribution is -2.45. The Hall–Kier alpha value is -1.65. The first kappa shape index (κ1) is 15.7. The van der Waals surface area contributed by atoms with Crippen molar-refractivity contribution in [2.75, 3.05) is 19.6 Å². The summed E-state index contributed by atoms with van der Waals surface area (Å²) in [7, 11) is 0. The molecule has 0 bridgehead atoms. The second-order valence-corrected chi connectivity index (χ2v) is 5.66. The van der Waals surface area contributed by atoms with Gasteiger partial charge in [0.15, 0.2) is 0 Å². The van der Waals surface area contributed by atoms with Gasteiger partial charge in [-0.25, -0.2) is 4.79 Å². The first-order valence-corrected chi connectivity index (χ1v) is 7.55. The number of aliphatic carboxylic acids is 1. The lowest BCUT2D eigenvalue weighted by Gasteiger charge is -2.33. The molecule has 0 radical (unpaired) electrons. The van der Waals surface area contributed by atoms with Crippen molar-refractivity contribution in [3.05, 3.63) is 47.5 Å². The van der Waals surface area contributed by atoms with Crippen molar-refractivity contribution < 1.29 is 9.90 Å². The fourth-order valence-electron chi connectivity index (χ4n) is 2.67. The zero-order valence-corrected chi connectivity index (χ0v) is 12.6. The van der Waals surface area contributed by atoms with Crippen LogP contribution in [0, 0.1) is 0 Å². The number of nitrogens with zero attached hydrogens (tertiary/aromatic N) is 1. The Bertz CT molecular complexity index is 485. The van der Waals surface area contributed by atoms with Crippen LogP contribution in [-0.4, -0.2) is 41.7 Å². The van der Waals surface area contributed by atoms with Crippen molar-refractivity contribution in [2.24, 2.45) is 0 Å². The molecule has 1 unspecified atom stereocenters. The highest BCUT2D eigenvalue weighted by molar-refractivity contribution is 5.85. The Morgan fingerprint density at radius 1 is 1.43 bits per heavy atom. The number of hydrogen-bond acceptors (Lipinski definition) is 3. The van der Waals surface area contributed by atoms with Crippen LogP contribution in [0.5, 0.6) is 0 Å². The molecule has 1 atom stereocenters. The fourth-order valence-corrected chi connectivity index (χ4v) is 2.67. The minimum absolute atomic E-state index is 0.402. The normalized spacial score (nSPS) is 20.4. The molecule has 1 fully saturated rings. The van der Waals surface area contributed by atoms with Gasteiger partial charge in [-0.15, -0.1) is 0 Å². The van der Waals surface area contributed by atoms with E-state index in [2.05, 4.69) is 34.5 Å². The van der Waals surface area contributed by atoms with E-state index in [4.69, 9.17) is 5.11 Å². The van der Waals surface area contributed by atoms with Crippen molar-refractivity contribution in [3.63, 3.8) is 0 Å². The largest absolute Gasteiger partial charge is 0.478 e. The summed E-state index contributed by atoms with van der Waals surface area (Å²) >= 11 is 0. The maximum absolute atomic E-state index is 10.7. The second-order valence-electron chi connectivity index (χ2n) is 5.66. The molecule has 0 aliphatic carbocycles. The number of carbonyl (C=O) groups is 1. The fraction of sp³-hybridized carbons (Fsp3) is 0.471. The van der Waals surface area contributed by atoms with Gasteiger partial charge < -0.3 is 10.4 Å². The third-order valence-corrected chi connectivity index (χ3v) is 3.91. The molecule has 1 aromatic rings. The Morgan fingerprint density at radius 2 is 2.19 bits per heavy atom. The molecular weight excluding hydrogens is 264 g/mol. The molecule has 1 heterocycles. The maximum Gasteiger partial charge on any atom is 0.330 e. The number of benzene rings is 1. The average Bonchev–Trinajstić information content (AvgIpc) is 2.48. The van der Waals surface area contributed by atoms with Crippen LogP contribution in [-0.2, 0) is 11.3 Å². The molecule has 4 nitrogen and oxygen atoms in total. The van der Waals surface area contributed by atoms with Crippen molar-refractivity contribution in [2.45, 2.75) is 32.4 Å². The number of carboxylic acids is 1. The first-order valence-electron chi connectivity index (χ1n) is 7.55. The summed E-state index contributed by atoms with van der Waals surface area (Å²) in [5.74, 6) is -0.842. The van der Waals surface area contributed by atoms with Crippen LogP contribution in [0.4, 0.5) is 0 Å².